The number of hydrogen-bond donors (Lipinski definition) is 0. The van der Waals surface area contributed by atoms with E-state index in [1.165, 1.54) is 14.1 Å². The second-order valence-electron chi connectivity index (χ2n) is 5.84. The zero-order valence-corrected chi connectivity index (χ0v) is 24.4. The maximum atomic E-state index is 4.92. The van der Waals surface area contributed by atoms with Crippen LogP contribution in [0.25, 0.3) is 30.6 Å². The van der Waals surface area contributed by atoms with Gasteiger partial charge in [0.05, 0.1) is 16.6 Å². The van der Waals surface area contributed by atoms with E-state index < -0.39 is 0 Å². The molecule has 0 aliphatic heterocycles. The monoisotopic (exact) mass is 639 g/mol. The molecule has 0 N–H and O–H groups in total. The molecule has 10 heteroatoms. The zero-order chi connectivity index (χ0) is 20.9. The van der Waals surface area contributed by atoms with Gasteiger partial charge in [0.15, 0.2) is 0 Å². The summed E-state index contributed by atoms with van der Waals surface area (Å²) < 4.78 is 5.69. The van der Waals surface area contributed by atoms with Crippen molar-refractivity contribution >= 4 is 103 Å². The molecule has 0 aliphatic carbocycles. The third-order valence-corrected chi connectivity index (χ3v) is 7.34. The number of thiazole rings is 3. The third-order valence-electron chi connectivity index (χ3n) is 3.82. The smallest absolute Gasteiger partial charge is 0.408 e. The topological polar surface area (TPSA) is 38.7 Å². The van der Waals surface area contributed by atoms with Gasteiger partial charge in [0.25, 0.3) is 0 Å². The molecule has 0 aliphatic rings. The largest absolute Gasteiger partial charge is 3.00 e. The number of benzene rings is 3. The minimum atomic E-state index is 0. The van der Waals surface area contributed by atoms with Gasteiger partial charge in [-0.3, -0.25) is 15.0 Å². The Kier molecular flexibility index (Phi) is 9.67. The van der Waals surface area contributed by atoms with Crippen molar-refractivity contribution < 1.29 is 41.3 Å². The van der Waals surface area contributed by atoms with Crippen molar-refractivity contribution in [2.24, 2.45) is 0 Å². The van der Waals surface area contributed by atoms with Crippen molar-refractivity contribution in [2.45, 2.75) is 13.0 Å². The van der Waals surface area contributed by atoms with Crippen molar-refractivity contribution in [1.29, 1.82) is 0 Å². The summed E-state index contributed by atoms with van der Waals surface area (Å²) in [5.41, 5.74) is 3.03. The predicted molar refractivity (Wildman–Crippen MR) is 136 cm³/mol. The molecule has 0 radical (unpaired) electrons. The summed E-state index contributed by atoms with van der Waals surface area (Å²) in [6, 6.07) is 23.9. The number of para-hydroxylation sites is 3. The van der Waals surface area contributed by atoms with E-state index in [4.69, 9.17) is 37.9 Å². The van der Waals surface area contributed by atoms with Gasteiger partial charge in [0, 0.05) is 0 Å². The van der Waals surface area contributed by atoms with Crippen molar-refractivity contribution in [2.75, 3.05) is 0 Å². The quantitative estimate of drug-likeness (QED) is 0.174. The summed E-state index contributed by atoms with van der Waals surface area (Å²) in [4.78, 5) is 12.4. The fraction of sp³-hybridized carbons (Fsp3) is 0. The van der Waals surface area contributed by atoms with E-state index in [0.29, 0.717) is 0 Å². The van der Waals surface area contributed by atoms with Crippen LogP contribution >= 0.6 is 34.0 Å². The van der Waals surface area contributed by atoms with Gasteiger partial charge in [-0.05, 0) is 45.3 Å². The first kappa shape index (κ1) is 25.0. The molecule has 3 nitrogen and oxygen atoms in total. The van der Waals surface area contributed by atoms with Gasteiger partial charge in [-0.25, -0.2) is 0 Å². The number of hydrogen-bond acceptors (Lipinski definition) is 9. The molecule has 3 aromatic heterocycles. The van der Waals surface area contributed by atoms with E-state index in [-0.39, 0.29) is 41.3 Å². The SMILES string of the molecule is [Pr+3].[S-]c1nc2ccccc2s1.[S-]c1nc2ccccc2s1.[S-]c1nc2ccccc2s1. The molecule has 6 aromatic rings. The summed E-state index contributed by atoms with van der Waals surface area (Å²) in [6.07, 6.45) is 0. The standard InChI is InChI=1S/3C7H5NS2.Pr/c3*9-7-8-5-3-1-2-4-6(5)10-7;/h3*1-4H,(H,8,9);/q;;;+3/p-3. The summed E-state index contributed by atoms with van der Waals surface area (Å²) in [5.74, 6) is 0. The first-order chi connectivity index (χ1) is 14.6. The molecule has 0 amide bonds. The summed E-state index contributed by atoms with van der Waals surface area (Å²) in [5, 5.41) is 0. The van der Waals surface area contributed by atoms with E-state index in [9.17, 15) is 0 Å². The minimum Gasteiger partial charge on any atom is -0.408 e. The zero-order valence-electron chi connectivity index (χ0n) is 15.8. The van der Waals surface area contributed by atoms with Crippen molar-refractivity contribution in [1.82, 2.24) is 15.0 Å². The fourth-order valence-corrected chi connectivity index (χ4v) is 5.75. The third kappa shape index (κ3) is 6.92. The Bertz CT molecular complexity index is 1140. The molecule has 31 heavy (non-hydrogen) atoms. The van der Waals surface area contributed by atoms with Crippen LogP contribution in [0.5, 0.6) is 0 Å². The molecule has 0 fully saturated rings. The molecule has 0 spiro atoms. The molecule has 3 heterocycles. The average Bonchev–Trinajstić information content (AvgIpc) is 3.41. The Morgan fingerprint density at radius 2 is 0.710 bits per heavy atom. The van der Waals surface area contributed by atoms with Crippen LogP contribution in [0.1, 0.15) is 0 Å². The number of aromatic nitrogens is 3. The van der Waals surface area contributed by atoms with Gasteiger partial charge in [-0.15, -0.1) is 0 Å². The van der Waals surface area contributed by atoms with E-state index >= 15 is 0 Å². The predicted octanol–water partition coefficient (Wildman–Crippen LogP) is 6.61. The molecular weight excluding hydrogens is 628 g/mol. The van der Waals surface area contributed by atoms with Gasteiger partial charge in [0.1, 0.15) is 0 Å². The summed E-state index contributed by atoms with van der Waals surface area (Å²) in [7, 11) is 0. The normalized spacial score (nSPS) is 10.1. The van der Waals surface area contributed by atoms with Gasteiger partial charge < -0.3 is 71.9 Å². The van der Waals surface area contributed by atoms with Crippen LogP contribution in [0, 0.1) is 41.3 Å². The maximum Gasteiger partial charge on any atom is 3.00 e. The van der Waals surface area contributed by atoms with E-state index in [0.717, 1.165) is 29.6 Å². The van der Waals surface area contributed by atoms with Crippen LogP contribution in [-0.4, -0.2) is 15.0 Å². The molecule has 3 aromatic carbocycles. The Morgan fingerprint density at radius 1 is 0.452 bits per heavy atom. The van der Waals surface area contributed by atoms with Crippen LogP contribution in [-0.2, 0) is 37.9 Å². The Morgan fingerprint density at radius 3 is 0.968 bits per heavy atom. The Balaban J connectivity index is 0.000000130. The first-order valence-corrected chi connectivity index (χ1v) is 12.3. The molecule has 0 atom stereocenters. The van der Waals surface area contributed by atoms with Crippen LogP contribution in [0.15, 0.2) is 85.8 Å². The van der Waals surface area contributed by atoms with Gasteiger partial charge in [0.2, 0.25) is 0 Å². The van der Waals surface area contributed by atoms with Crippen LogP contribution in [0.3, 0.4) is 0 Å². The van der Waals surface area contributed by atoms with Crippen LogP contribution in [0.4, 0.5) is 0 Å². The molecule has 6 rings (SSSR count). The first-order valence-electron chi connectivity index (χ1n) is 8.66. The van der Waals surface area contributed by atoms with Crippen molar-refractivity contribution in [3.05, 3.63) is 72.8 Å². The minimum absolute atomic E-state index is 0. The molecule has 0 saturated heterocycles. The second kappa shape index (κ2) is 12.0. The number of nitrogens with zero attached hydrogens (tertiary/aromatic N) is 3. The van der Waals surface area contributed by atoms with Crippen molar-refractivity contribution in [3.8, 4) is 0 Å². The second-order valence-corrected chi connectivity index (χ2v) is 10.9. The molecule has 0 saturated carbocycles. The maximum absolute atomic E-state index is 4.92. The van der Waals surface area contributed by atoms with Gasteiger partial charge >= 0.3 is 41.3 Å². The molecular formula is C21H12N3PrS6. The average molecular weight is 640 g/mol. The number of rotatable bonds is 0. The van der Waals surface area contributed by atoms with Crippen LogP contribution in [0.2, 0.25) is 0 Å². The van der Waals surface area contributed by atoms with Gasteiger partial charge in [-0.1, -0.05) is 54.6 Å². The summed E-state index contributed by atoms with van der Waals surface area (Å²) in [6.45, 7) is 0. The van der Waals surface area contributed by atoms with Crippen molar-refractivity contribution in [3.63, 3.8) is 0 Å². The molecule has 150 valence electrons. The summed E-state index contributed by atoms with van der Waals surface area (Å²) >= 11 is 19.4. The number of fused-ring (bicyclic) bond motifs is 3. The van der Waals surface area contributed by atoms with E-state index in [1.807, 2.05) is 72.8 Å². The van der Waals surface area contributed by atoms with Crippen LogP contribution < -0.4 is 0 Å². The van der Waals surface area contributed by atoms with E-state index in [2.05, 4.69) is 15.0 Å². The fourth-order valence-electron chi connectivity index (χ4n) is 2.55. The Hall–Kier alpha value is -0.646. The molecule has 0 bridgehead atoms. The van der Waals surface area contributed by atoms with Gasteiger partial charge in [-0.2, -0.15) is 0 Å². The van der Waals surface area contributed by atoms with E-state index in [1.54, 1.807) is 34.0 Å². The Labute approximate surface area is 241 Å². The molecule has 0 unspecified atom stereocenters.